The molecular formula is C7H6IN5O. The average Bonchev–Trinajstić information content (AvgIpc) is 2.56. The van der Waals surface area contributed by atoms with E-state index in [0.29, 0.717) is 0 Å². The number of hydrogen-bond acceptors (Lipinski definition) is 5. The maximum absolute atomic E-state index is 5.19. The Morgan fingerprint density at radius 1 is 1.21 bits per heavy atom. The lowest BCUT2D eigenvalue weighted by molar-refractivity contribution is 0.404. The monoisotopic (exact) mass is 303 g/mol. The molecule has 2 heterocycles. The van der Waals surface area contributed by atoms with E-state index in [-0.39, 0.29) is 12.0 Å². The molecule has 6 nitrogen and oxygen atoms in total. The number of rotatable bonds is 2. The number of ether oxygens (including phenoxy) is 1. The fourth-order valence-electron chi connectivity index (χ4n) is 0.801. The second-order valence-electron chi connectivity index (χ2n) is 2.49. The highest BCUT2D eigenvalue weighted by atomic mass is 127. The molecule has 72 valence electrons. The Labute approximate surface area is 93.5 Å². The molecule has 2 aromatic heterocycles. The molecule has 0 atom stereocenters. The number of halogens is 1. The van der Waals surface area contributed by atoms with E-state index in [0.717, 1.165) is 3.57 Å². The summed E-state index contributed by atoms with van der Waals surface area (Å²) in [6, 6.07) is 0.491. The van der Waals surface area contributed by atoms with E-state index in [1.807, 2.05) is 0 Å². The predicted molar refractivity (Wildman–Crippen MR) is 55.8 cm³/mol. The highest BCUT2D eigenvalue weighted by Gasteiger charge is 2.03. The third-order valence-corrected chi connectivity index (χ3v) is 1.91. The van der Waals surface area contributed by atoms with Crippen molar-refractivity contribution in [1.82, 2.24) is 24.7 Å². The van der Waals surface area contributed by atoms with E-state index < -0.39 is 0 Å². The summed E-state index contributed by atoms with van der Waals surface area (Å²) in [5.74, 6) is 0. The minimum Gasteiger partial charge on any atom is -0.387 e. The normalized spacial score (nSPS) is 10.1. The van der Waals surface area contributed by atoms with Crippen molar-refractivity contribution in [2.45, 2.75) is 0 Å². The van der Waals surface area contributed by atoms with Crippen LogP contribution in [0.3, 0.4) is 0 Å². The smallest absolute Gasteiger partial charge is 0.343 e. The molecular weight excluding hydrogens is 297 g/mol. The molecule has 2 aromatic rings. The van der Waals surface area contributed by atoms with Crippen molar-refractivity contribution < 1.29 is 4.74 Å². The van der Waals surface area contributed by atoms with Gasteiger partial charge in [-0.1, -0.05) is 0 Å². The topological polar surface area (TPSA) is 65.7 Å². The SMILES string of the molecule is Cn1cnc(Oc2ncc(I)cn2)n1. The molecule has 0 saturated carbocycles. The Kier molecular flexibility index (Phi) is 2.57. The van der Waals surface area contributed by atoms with Crippen LogP contribution in [-0.2, 0) is 7.05 Å². The van der Waals surface area contributed by atoms with Crippen LogP contribution in [0.15, 0.2) is 18.7 Å². The third-order valence-electron chi connectivity index (χ3n) is 1.36. The molecule has 0 unspecified atom stereocenters. The summed E-state index contributed by atoms with van der Waals surface area (Å²) < 4.78 is 7.68. The van der Waals surface area contributed by atoms with E-state index in [9.17, 15) is 0 Å². The van der Waals surface area contributed by atoms with Crippen LogP contribution in [0.5, 0.6) is 12.0 Å². The van der Waals surface area contributed by atoms with E-state index >= 15 is 0 Å². The van der Waals surface area contributed by atoms with Gasteiger partial charge in [-0.3, -0.25) is 4.68 Å². The van der Waals surface area contributed by atoms with Gasteiger partial charge in [0.05, 0.1) is 0 Å². The molecule has 7 heteroatoms. The van der Waals surface area contributed by atoms with Crippen LogP contribution in [-0.4, -0.2) is 24.7 Å². The summed E-state index contributed by atoms with van der Waals surface area (Å²) in [5.41, 5.74) is 0. The lowest BCUT2D eigenvalue weighted by atomic mass is 10.7. The van der Waals surface area contributed by atoms with Crippen molar-refractivity contribution in [2.24, 2.45) is 7.05 Å². The molecule has 0 spiro atoms. The molecule has 0 aliphatic heterocycles. The molecule has 0 aromatic carbocycles. The Hall–Kier alpha value is -1.25. The fraction of sp³-hybridized carbons (Fsp3) is 0.143. The zero-order chi connectivity index (χ0) is 9.97. The molecule has 0 amide bonds. The first-order valence-corrected chi connectivity index (χ1v) is 4.83. The van der Waals surface area contributed by atoms with Crippen molar-refractivity contribution in [1.29, 1.82) is 0 Å². The van der Waals surface area contributed by atoms with Gasteiger partial charge in [0.2, 0.25) is 0 Å². The summed E-state index contributed by atoms with van der Waals surface area (Å²) >= 11 is 2.12. The van der Waals surface area contributed by atoms with Gasteiger partial charge >= 0.3 is 12.0 Å². The highest BCUT2D eigenvalue weighted by Crippen LogP contribution is 2.11. The lowest BCUT2D eigenvalue weighted by Crippen LogP contribution is -1.94. The minimum absolute atomic E-state index is 0.244. The Morgan fingerprint density at radius 3 is 2.50 bits per heavy atom. The zero-order valence-electron chi connectivity index (χ0n) is 7.25. The van der Waals surface area contributed by atoms with E-state index in [4.69, 9.17) is 4.74 Å². The summed E-state index contributed by atoms with van der Waals surface area (Å²) in [5, 5.41) is 3.93. The molecule has 2 rings (SSSR count). The summed E-state index contributed by atoms with van der Waals surface area (Å²) in [7, 11) is 1.76. The Balaban J connectivity index is 2.15. The van der Waals surface area contributed by atoms with Crippen LogP contribution < -0.4 is 4.74 Å². The van der Waals surface area contributed by atoms with E-state index in [1.165, 1.54) is 0 Å². The molecule has 0 bridgehead atoms. The minimum atomic E-state index is 0.244. The van der Waals surface area contributed by atoms with Crippen LogP contribution in [0, 0.1) is 3.57 Å². The molecule has 14 heavy (non-hydrogen) atoms. The van der Waals surface area contributed by atoms with E-state index in [2.05, 4.69) is 42.6 Å². The van der Waals surface area contributed by atoms with Crippen LogP contribution in [0.25, 0.3) is 0 Å². The van der Waals surface area contributed by atoms with Gasteiger partial charge in [0.25, 0.3) is 0 Å². The number of aryl methyl sites for hydroxylation is 1. The molecule has 0 aliphatic rings. The number of nitrogens with zero attached hydrogens (tertiary/aromatic N) is 5. The Bertz CT molecular complexity index is 426. The maximum Gasteiger partial charge on any atom is 0.343 e. The fourth-order valence-corrected chi connectivity index (χ4v) is 1.08. The second-order valence-corrected chi connectivity index (χ2v) is 3.73. The van der Waals surface area contributed by atoms with Gasteiger partial charge in [-0.05, 0) is 22.6 Å². The predicted octanol–water partition coefficient (Wildman–Crippen LogP) is 1.00. The van der Waals surface area contributed by atoms with Crippen LogP contribution in [0.4, 0.5) is 0 Å². The van der Waals surface area contributed by atoms with Gasteiger partial charge in [0.15, 0.2) is 0 Å². The van der Waals surface area contributed by atoms with Gasteiger partial charge in [0.1, 0.15) is 6.33 Å². The van der Waals surface area contributed by atoms with Gasteiger partial charge in [-0.25, -0.2) is 9.97 Å². The second kappa shape index (κ2) is 3.86. The lowest BCUT2D eigenvalue weighted by Gasteiger charge is -1.96. The van der Waals surface area contributed by atoms with Crippen molar-refractivity contribution in [3.8, 4) is 12.0 Å². The quantitative estimate of drug-likeness (QED) is 0.774. The maximum atomic E-state index is 5.19. The first-order chi connectivity index (χ1) is 6.74. The van der Waals surface area contributed by atoms with Crippen molar-refractivity contribution >= 4 is 22.6 Å². The van der Waals surface area contributed by atoms with Crippen LogP contribution in [0.2, 0.25) is 0 Å². The van der Waals surface area contributed by atoms with Crippen LogP contribution >= 0.6 is 22.6 Å². The van der Waals surface area contributed by atoms with Gasteiger partial charge in [-0.2, -0.15) is 4.98 Å². The van der Waals surface area contributed by atoms with Crippen molar-refractivity contribution in [3.05, 3.63) is 22.3 Å². The largest absolute Gasteiger partial charge is 0.387 e. The Morgan fingerprint density at radius 2 is 1.93 bits per heavy atom. The molecule has 0 radical (unpaired) electrons. The standard InChI is InChI=1S/C7H6IN5O/c1-13-4-11-7(12-13)14-6-9-2-5(8)3-10-6/h2-4H,1H3. The summed E-state index contributed by atoms with van der Waals surface area (Å²) in [6.45, 7) is 0. The molecule has 0 saturated heterocycles. The zero-order valence-corrected chi connectivity index (χ0v) is 9.41. The summed E-state index contributed by atoms with van der Waals surface area (Å²) in [6.07, 6.45) is 4.86. The van der Waals surface area contributed by atoms with Gasteiger partial charge < -0.3 is 4.74 Å². The third kappa shape index (κ3) is 2.16. The average molecular weight is 303 g/mol. The van der Waals surface area contributed by atoms with Gasteiger partial charge in [0, 0.05) is 23.0 Å². The first kappa shape index (κ1) is 9.31. The molecule has 0 N–H and O–H groups in total. The van der Waals surface area contributed by atoms with Crippen LogP contribution in [0.1, 0.15) is 0 Å². The van der Waals surface area contributed by atoms with E-state index in [1.54, 1.807) is 30.5 Å². The van der Waals surface area contributed by atoms with Gasteiger partial charge in [-0.15, -0.1) is 5.10 Å². The number of aromatic nitrogens is 5. The summed E-state index contributed by atoms with van der Waals surface area (Å²) in [4.78, 5) is 11.8. The highest BCUT2D eigenvalue weighted by molar-refractivity contribution is 14.1. The molecule has 0 aliphatic carbocycles. The number of hydrogen-bond donors (Lipinski definition) is 0. The first-order valence-electron chi connectivity index (χ1n) is 3.75. The molecule has 0 fully saturated rings. The van der Waals surface area contributed by atoms with Crippen molar-refractivity contribution in [3.63, 3.8) is 0 Å². The van der Waals surface area contributed by atoms with Crippen molar-refractivity contribution in [2.75, 3.05) is 0 Å².